The summed E-state index contributed by atoms with van der Waals surface area (Å²) in [5, 5.41) is 17.0. The lowest BCUT2D eigenvalue weighted by Gasteiger charge is -2.13. The van der Waals surface area contributed by atoms with Crippen LogP contribution < -0.4 is 14.9 Å². The molecule has 0 saturated heterocycles. The van der Waals surface area contributed by atoms with E-state index < -0.39 is 22.9 Å². The van der Waals surface area contributed by atoms with Crippen molar-refractivity contribution in [3.63, 3.8) is 0 Å². The van der Waals surface area contributed by atoms with Crippen LogP contribution in [0.1, 0.15) is 22.8 Å². The molecule has 0 aliphatic carbocycles. The van der Waals surface area contributed by atoms with Gasteiger partial charge in [0.2, 0.25) is 0 Å². The normalized spacial score (nSPS) is 11.7. The summed E-state index contributed by atoms with van der Waals surface area (Å²) in [5.41, 5.74) is 2.76. The van der Waals surface area contributed by atoms with Gasteiger partial charge in [-0.1, -0.05) is 66.2 Å². The van der Waals surface area contributed by atoms with Crippen LogP contribution in [0.25, 0.3) is 10.8 Å². The van der Waals surface area contributed by atoms with Gasteiger partial charge in [-0.25, -0.2) is 10.2 Å². The number of benzene rings is 4. The van der Waals surface area contributed by atoms with Crippen molar-refractivity contribution in [2.45, 2.75) is 13.0 Å². The minimum Gasteiger partial charge on any atom is -0.474 e. The number of nitrogens with zero attached hydrogens (tertiary/aromatic N) is 2. The topological polar surface area (TPSA) is 120 Å². The highest BCUT2D eigenvalue weighted by molar-refractivity contribution is 6.33. The van der Waals surface area contributed by atoms with Gasteiger partial charge in [-0.3, -0.25) is 14.9 Å². The predicted molar refractivity (Wildman–Crippen MR) is 139 cm³/mol. The molecule has 0 aliphatic heterocycles. The molecule has 0 aliphatic rings. The predicted octanol–water partition coefficient (Wildman–Crippen LogP) is 5.54. The molecule has 186 valence electrons. The number of hydrogen-bond donors (Lipinski definition) is 1. The third kappa shape index (κ3) is 5.91. The number of rotatable bonds is 8. The van der Waals surface area contributed by atoms with Crippen LogP contribution >= 0.6 is 11.6 Å². The van der Waals surface area contributed by atoms with Crippen LogP contribution in [0.15, 0.2) is 90.0 Å². The molecule has 0 aromatic heterocycles. The first-order chi connectivity index (χ1) is 17.8. The number of ether oxygens (including phenoxy) is 2. The molecule has 0 saturated carbocycles. The van der Waals surface area contributed by atoms with Crippen molar-refractivity contribution >= 4 is 46.2 Å². The van der Waals surface area contributed by atoms with E-state index in [-0.39, 0.29) is 27.8 Å². The Morgan fingerprint density at radius 3 is 2.46 bits per heavy atom. The second-order valence-corrected chi connectivity index (χ2v) is 8.19. The van der Waals surface area contributed by atoms with E-state index in [4.69, 9.17) is 21.1 Å². The minimum atomic E-state index is -1.08. The molecule has 0 heterocycles. The summed E-state index contributed by atoms with van der Waals surface area (Å²) in [6.45, 7) is 1.44. The van der Waals surface area contributed by atoms with E-state index in [1.54, 1.807) is 42.5 Å². The molecule has 1 unspecified atom stereocenters. The number of nitro groups is 1. The van der Waals surface area contributed by atoms with Gasteiger partial charge < -0.3 is 9.47 Å². The number of hydrazone groups is 1. The van der Waals surface area contributed by atoms with Crippen molar-refractivity contribution in [3.8, 4) is 11.5 Å². The highest BCUT2D eigenvalue weighted by atomic mass is 35.5. The van der Waals surface area contributed by atoms with Crippen LogP contribution in [0.4, 0.5) is 5.69 Å². The molecule has 10 heteroatoms. The minimum absolute atomic E-state index is 0.0399. The summed E-state index contributed by atoms with van der Waals surface area (Å²) in [5.74, 6) is -1.11. The summed E-state index contributed by atoms with van der Waals surface area (Å²) in [4.78, 5) is 35.9. The third-order valence-electron chi connectivity index (χ3n) is 5.33. The van der Waals surface area contributed by atoms with Gasteiger partial charge in [-0.15, -0.1) is 0 Å². The SMILES string of the molecule is CC(Oc1ccccc1[N+](=O)[O-])C(=O)N/N=C/c1c(OC(=O)c2ccccc2Cl)ccc2ccccc12. The van der Waals surface area contributed by atoms with E-state index in [9.17, 15) is 19.7 Å². The summed E-state index contributed by atoms with van der Waals surface area (Å²) in [6, 6.07) is 23.1. The summed E-state index contributed by atoms with van der Waals surface area (Å²) in [6.07, 6.45) is 0.274. The number of amides is 1. The molecule has 1 amide bonds. The first-order valence-corrected chi connectivity index (χ1v) is 11.4. The Bertz CT molecular complexity index is 1520. The Morgan fingerprint density at radius 2 is 1.68 bits per heavy atom. The maximum Gasteiger partial charge on any atom is 0.345 e. The van der Waals surface area contributed by atoms with Gasteiger partial charge in [0.25, 0.3) is 5.91 Å². The number of fused-ring (bicyclic) bond motifs is 1. The van der Waals surface area contributed by atoms with Gasteiger partial charge >= 0.3 is 11.7 Å². The second kappa shape index (κ2) is 11.3. The van der Waals surface area contributed by atoms with Crippen molar-refractivity contribution in [1.29, 1.82) is 0 Å². The number of nitro benzene ring substituents is 1. The zero-order chi connectivity index (χ0) is 26.4. The van der Waals surface area contributed by atoms with Crippen LogP contribution in [0.5, 0.6) is 11.5 Å². The highest BCUT2D eigenvalue weighted by Gasteiger charge is 2.21. The van der Waals surface area contributed by atoms with Gasteiger partial charge in [0.1, 0.15) is 5.75 Å². The molecule has 1 atom stereocenters. The van der Waals surface area contributed by atoms with E-state index in [0.717, 1.165) is 10.8 Å². The van der Waals surface area contributed by atoms with Crippen molar-refractivity contribution < 1.29 is 24.0 Å². The molecule has 4 aromatic rings. The van der Waals surface area contributed by atoms with E-state index in [1.807, 2.05) is 24.3 Å². The average molecular weight is 518 g/mol. The Morgan fingerprint density at radius 1 is 0.973 bits per heavy atom. The molecular formula is C27H20ClN3O6. The van der Waals surface area contributed by atoms with Crippen LogP contribution in [0.3, 0.4) is 0 Å². The molecule has 1 N–H and O–H groups in total. The van der Waals surface area contributed by atoms with E-state index in [1.165, 1.54) is 31.3 Å². The number of carbonyl (C=O) groups excluding carboxylic acids is 2. The average Bonchev–Trinajstić information content (AvgIpc) is 2.90. The fourth-order valence-corrected chi connectivity index (χ4v) is 3.70. The third-order valence-corrected chi connectivity index (χ3v) is 5.66. The Kier molecular flexibility index (Phi) is 7.75. The molecular weight excluding hydrogens is 498 g/mol. The van der Waals surface area contributed by atoms with Crippen LogP contribution in [-0.4, -0.2) is 29.1 Å². The lowest BCUT2D eigenvalue weighted by Crippen LogP contribution is -2.33. The number of hydrogen-bond acceptors (Lipinski definition) is 7. The fourth-order valence-electron chi connectivity index (χ4n) is 3.48. The molecule has 4 aromatic carbocycles. The number of halogens is 1. The first-order valence-electron chi connectivity index (χ1n) is 11.1. The first kappa shape index (κ1) is 25.3. The van der Waals surface area contributed by atoms with Gasteiger partial charge in [-0.05, 0) is 42.0 Å². The molecule has 4 rings (SSSR count). The molecule has 0 spiro atoms. The van der Waals surface area contributed by atoms with Crippen molar-refractivity contribution in [2.24, 2.45) is 5.10 Å². The van der Waals surface area contributed by atoms with Gasteiger partial charge in [0.15, 0.2) is 11.9 Å². The number of para-hydroxylation sites is 2. The van der Waals surface area contributed by atoms with E-state index in [0.29, 0.717) is 5.56 Å². The molecule has 0 bridgehead atoms. The van der Waals surface area contributed by atoms with Gasteiger partial charge in [0, 0.05) is 11.6 Å². The smallest absolute Gasteiger partial charge is 0.345 e. The van der Waals surface area contributed by atoms with Gasteiger partial charge in [-0.2, -0.15) is 5.10 Å². The lowest BCUT2D eigenvalue weighted by molar-refractivity contribution is -0.386. The maximum absolute atomic E-state index is 12.8. The second-order valence-electron chi connectivity index (χ2n) is 7.79. The summed E-state index contributed by atoms with van der Waals surface area (Å²) < 4.78 is 11.1. The van der Waals surface area contributed by atoms with Crippen LogP contribution in [0.2, 0.25) is 5.02 Å². The maximum atomic E-state index is 12.8. The van der Waals surface area contributed by atoms with Crippen molar-refractivity contribution in [3.05, 3.63) is 111 Å². The van der Waals surface area contributed by atoms with Crippen molar-refractivity contribution in [1.82, 2.24) is 5.43 Å². The van der Waals surface area contributed by atoms with E-state index >= 15 is 0 Å². The van der Waals surface area contributed by atoms with E-state index in [2.05, 4.69) is 10.5 Å². The summed E-state index contributed by atoms with van der Waals surface area (Å²) in [7, 11) is 0. The zero-order valence-corrected chi connectivity index (χ0v) is 20.2. The quantitative estimate of drug-likeness (QED) is 0.108. The molecule has 9 nitrogen and oxygen atoms in total. The van der Waals surface area contributed by atoms with Gasteiger partial charge in [0.05, 0.1) is 21.7 Å². The fraction of sp³-hybridized carbons (Fsp3) is 0.0741. The number of nitrogens with one attached hydrogen (secondary N) is 1. The molecule has 0 fully saturated rings. The van der Waals surface area contributed by atoms with Crippen molar-refractivity contribution in [2.75, 3.05) is 0 Å². The monoisotopic (exact) mass is 517 g/mol. The van der Waals surface area contributed by atoms with Crippen LogP contribution in [0, 0.1) is 10.1 Å². The zero-order valence-electron chi connectivity index (χ0n) is 19.5. The molecule has 0 radical (unpaired) electrons. The lowest BCUT2D eigenvalue weighted by atomic mass is 10.0. The Labute approximate surface area is 216 Å². The largest absolute Gasteiger partial charge is 0.474 e. The summed E-state index contributed by atoms with van der Waals surface area (Å²) >= 11 is 6.13. The molecule has 37 heavy (non-hydrogen) atoms. The number of carbonyl (C=O) groups is 2. The van der Waals surface area contributed by atoms with Crippen LogP contribution in [-0.2, 0) is 4.79 Å². The Balaban J connectivity index is 1.55. The number of esters is 1. The highest BCUT2D eigenvalue weighted by Crippen LogP contribution is 2.29. The standard InChI is InChI=1S/C27H20ClN3O6/c1-17(36-25-13-7-6-12-23(25)31(34)35)26(32)30-29-16-21-19-9-3-2-8-18(19)14-15-24(21)37-27(33)20-10-4-5-11-22(20)28/h2-17H,1H3,(H,30,32)/b29-16+. The Hall–Kier alpha value is -4.76.